The second kappa shape index (κ2) is 5.13. The molecule has 0 spiro atoms. The molecule has 1 atom stereocenters. The molecule has 6 nitrogen and oxygen atoms in total. The summed E-state index contributed by atoms with van der Waals surface area (Å²) in [7, 11) is 0. The number of rotatable bonds is 3. The third-order valence-corrected chi connectivity index (χ3v) is 3.02. The summed E-state index contributed by atoms with van der Waals surface area (Å²) in [4.78, 5) is 22.7. The highest BCUT2D eigenvalue weighted by atomic mass is 19.1. The third-order valence-electron chi connectivity index (χ3n) is 3.02. The quantitative estimate of drug-likeness (QED) is 0.585. The van der Waals surface area contributed by atoms with E-state index >= 15 is 0 Å². The number of hydrogen-bond donors (Lipinski definition) is 4. The van der Waals surface area contributed by atoms with Crippen LogP contribution in [0.2, 0.25) is 0 Å². The highest BCUT2D eigenvalue weighted by Crippen LogP contribution is 2.23. The number of nitrogens with two attached hydrogens (primary N) is 2. The Kier molecular flexibility index (Phi) is 3.55. The van der Waals surface area contributed by atoms with Crippen molar-refractivity contribution in [1.82, 2.24) is 5.32 Å². The minimum Gasteiger partial charge on any atom is -0.398 e. The standard InChI is InChI=1S/C12H15FN4O2/c13-7-5-8(14)6(11(15)18)4-10(7)17-9-2-1-3-16-12(9)19/h4-5,9,17H,1-3,14H2,(H2,15,18)(H,16,19). The summed E-state index contributed by atoms with van der Waals surface area (Å²) in [5, 5.41) is 5.45. The van der Waals surface area contributed by atoms with Gasteiger partial charge in [0.05, 0.1) is 11.3 Å². The average molecular weight is 266 g/mol. The van der Waals surface area contributed by atoms with E-state index in [0.29, 0.717) is 13.0 Å². The number of carbonyl (C=O) groups is 2. The van der Waals surface area contributed by atoms with E-state index in [-0.39, 0.29) is 22.8 Å². The van der Waals surface area contributed by atoms with Gasteiger partial charge in [0.25, 0.3) is 5.91 Å². The van der Waals surface area contributed by atoms with Crippen molar-refractivity contribution in [3.8, 4) is 0 Å². The van der Waals surface area contributed by atoms with E-state index in [1.54, 1.807) is 0 Å². The van der Waals surface area contributed by atoms with Gasteiger partial charge in [-0.2, -0.15) is 0 Å². The molecular weight excluding hydrogens is 251 g/mol. The maximum Gasteiger partial charge on any atom is 0.250 e. The largest absolute Gasteiger partial charge is 0.398 e. The second-order valence-electron chi connectivity index (χ2n) is 4.41. The SMILES string of the molecule is NC(=O)c1cc(NC2CCCNC2=O)c(F)cc1N. The first-order valence-electron chi connectivity index (χ1n) is 5.92. The maximum atomic E-state index is 13.7. The normalized spacial score (nSPS) is 18.8. The number of nitrogen functional groups attached to an aromatic ring is 1. The fourth-order valence-electron chi connectivity index (χ4n) is 2.01. The van der Waals surface area contributed by atoms with Crippen molar-refractivity contribution in [2.45, 2.75) is 18.9 Å². The molecule has 1 aromatic rings. The van der Waals surface area contributed by atoms with E-state index in [2.05, 4.69) is 10.6 Å². The van der Waals surface area contributed by atoms with Crippen LogP contribution in [0.1, 0.15) is 23.2 Å². The van der Waals surface area contributed by atoms with E-state index in [4.69, 9.17) is 11.5 Å². The fourth-order valence-corrected chi connectivity index (χ4v) is 2.01. The number of halogens is 1. The molecule has 2 rings (SSSR count). The molecule has 102 valence electrons. The number of amides is 2. The van der Waals surface area contributed by atoms with Crippen LogP contribution in [0.5, 0.6) is 0 Å². The number of carbonyl (C=O) groups excluding carboxylic acids is 2. The zero-order valence-electron chi connectivity index (χ0n) is 10.2. The van der Waals surface area contributed by atoms with Gasteiger partial charge in [0.1, 0.15) is 11.9 Å². The molecule has 19 heavy (non-hydrogen) atoms. The Morgan fingerprint density at radius 2 is 2.21 bits per heavy atom. The van der Waals surface area contributed by atoms with Gasteiger partial charge in [0.2, 0.25) is 5.91 Å². The lowest BCUT2D eigenvalue weighted by molar-refractivity contribution is -0.123. The van der Waals surface area contributed by atoms with Crippen LogP contribution in [0.15, 0.2) is 12.1 Å². The number of hydrogen-bond acceptors (Lipinski definition) is 4. The summed E-state index contributed by atoms with van der Waals surface area (Å²) in [6.07, 6.45) is 1.41. The Bertz CT molecular complexity index is 533. The van der Waals surface area contributed by atoms with Crippen LogP contribution in [0.4, 0.5) is 15.8 Å². The number of primary amides is 1. The van der Waals surface area contributed by atoms with E-state index < -0.39 is 17.8 Å². The minimum absolute atomic E-state index is 0.0244. The van der Waals surface area contributed by atoms with Gasteiger partial charge in [0, 0.05) is 12.2 Å². The molecule has 2 amide bonds. The predicted molar refractivity (Wildman–Crippen MR) is 69.0 cm³/mol. The predicted octanol–water partition coefficient (Wildman–Crippen LogP) is 0.197. The van der Waals surface area contributed by atoms with Gasteiger partial charge in [-0.3, -0.25) is 9.59 Å². The van der Waals surface area contributed by atoms with Gasteiger partial charge in [-0.15, -0.1) is 0 Å². The fraction of sp³-hybridized carbons (Fsp3) is 0.333. The Morgan fingerprint density at radius 1 is 1.47 bits per heavy atom. The van der Waals surface area contributed by atoms with Crippen LogP contribution in [0.25, 0.3) is 0 Å². The number of nitrogens with one attached hydrogen (secondary N) is 2. The van der Waals surface area contributed by atoms with Crippen molar-refractivity contribution in [1.29, 1.82) is 0 Å². The highest BCUT2D eigenvalue weighted by Gasteiger charge is 2.23. The number of benzene rings is 1. The first-order chi connectivity index (χ1) is 8.99. The van der Waals surface area contributed by atoms with Crippen molar-refractivity contribution in [3.05, 3.63) is 23.5 Å². The highest BCUT2D eigenvalue weighted by molar-refractivity contribution is 5.99. The molecule has 1 fully saturated rings. The van der Waals surface area contributed by atoms with Crippen LogP contribution >= 0.6 is 0 Å². The van der Waals surface area contributed by atoms with Gasteiger partial charge >= 0.3 is 0 Å². The zero-order chi connectivity index (χ0) is 14.0. The molecule has 0 aliphatic carbocycles. The molecule has 1 saturated heterocycles. The van der Waals surface area contributed by atoms with Crippen molar-refractivity contribution < 1.29 is 14.0 Å². The summed E-state index contributed by atoms with van der Waals surface area (Å²) in [5.41, 5.74) is 10.7. The first kappa shape index (κ1) is 13.1. The maximum absolute atomic E-state index is 13.7. The monoisotopic (exact) mass is 266 g/mol. The lowest BCUT2D eigenvalue weighted by Gasteiger charge is -2.24. The molecular formula is C12H15FN4O2. The summed E-state index contributed by atoms with van der Waals surface area (Å²) >= 11 is 0. The average Bonchev–Trinajstić information content (AvgIpc) is 2.34. The summed E-state index contributed by atoms with van der Waals surface area (Å²) in [5.74, 6) is -1.56. The molecule has 0 radical (unpaired) electrons. The van der Waals surface area contributed by atoms with E-state index in [0.717, 1.165) is 12.5 Å². The molecule has 1 unspecified atom stereocenters. The van der Waals surface area contributed by atoms with E-state index in [9.17, 15) is 14.0 Å². The lowest BCUT2D eigenvalue weighted by Crippen LogP contribution is -2.44. The van der Waals surface area contributed by atoms with Crippen LogP contribution < -0.4 is 22.1 Å². The molecule has 7 heteroatoms. The van der Waals surface area contributed by atoms with Crippen LogP contribution in [0, 0.1) is 5.82 Å². The molecule has 0 aromatic heterocycles. The molecule has 0 saturated carbocycles. The molecule has 1 aromatic carbocycles. The van der Waals surface area contributed by atoms with Crippen molar-refractivity contribution in [2.75, 3.05) is 17.6 Å². The summed E-state index contributed by atoms with van der Waals surface area (Å²) in [6.45, 7) is 0.619. The third kappa shape index (κ3) is 2.75. The van der Waals surface area contributed by atoms with Crippen LogP contribution in [-0.2, 0) is 4.79 Å². The number of anilines is 2. The minimum atomic E-state index is -0.742. The van der Waals surface area contributed by atoms with Gasteiger partial charge in [-0.1, -0.05) is 0 Å². The zero-order valence-corrected chi connectivity index (χ0v) is 10.2. The first-order valence-corrected chi connectivity index (χ1v) is 5.92. The van der Waals surface area contributed by atoms with Crippen LogP contribution in [-0.4, -0.2) is 24.4 Å². The molecule has 1 heterocycles. The molecule has 0 bridgehead atoms. The smallest absolute Gasteiger partial charge is 0.250 e. The van der Waals surface area contributed by atoms with Crippen molar-refractivity contribution >= 4 is 23.2 Å². The van der Waals surface area contributed by atoms with E-state index in [1.807, 2.05) is 0 Å². The van der Waals surface area contributed by atoms with Crippen LogP contribution in [0.3, 0.4) is 0 Å². The lowest BCUT2D eigenvalue weighted by atomic mass is 10.1. The van der Waals surface area contributed by atoms with Gasteiger partial charge in [0.15, 0.2) is 0 Å². The van der Waals surface area contributed by atoms with Gasteiger partial charge < -0.3 is 22.1 Å². The number of piperidine rings is 1. The summed E-state index contributed by atoms with van der Waals surface area (Å²) in [6, 6.07) is 1.73. The van der Waals surface area contributed by atoms with Crippen molar-refractivity contribution in [3.63, 3.8) is 0 Å². The van der Waals surface area contributed by atoms with Crippen molar-refractivity contribution in [2.24, 2.45) is 5.73 Å². The summed E-state index contributed by atoms with van der Waals surface area (Å²) < 4.78 is 13.7. The van der Waals surface area contributed by atoms with E-state index in [1.165, 1.54) is 6.07 Å². The second-order valence-corrected chi connectivity index (χ2v) is 4.41. The van der Waals surface area contributed by atoms with Gasteiger partial charge in [-0.25, -0.2) is 4.39 Å². The Balaban J connectivity index is 2.26. The molecule has 1 aliphatic rings. The Labute approximate surface area is 109 Å². The molecule has 1 aliphatic heterocycles. The molecule has 6 N–H and O–H groups in total. The Morgan fingerprint density at radius 3 is 2.84 bits per heavy atom. The van der Waals surface area contributed by atoms with Gasteiger partial charge in [-0.05, 0) is 25.0 Å². The topological polar surface area (TPSA) is 110 Å². The Hall–Kier alpha value is -2.31.